The van der Waals surface area contributed by atoms with Crippen molar-refractivity contribution in [2.75, 3.05) is 16.3 Å². The number of aryl methyl sites for hydroxylation is 1. The molecule has 0 saturated carbocycles. The van der Waals surface area contributed by atoms with Crippen LogP contribution in [0.2, 0.25) is 0 Å². The Hall–Kier alpha value is -2.07. The van der Waals surface area contributed by atoms with Crippen LogP contribution in [0.4, 0.5) is 24.5 Å². The monoisotopic (exact) mass is 477 g/mol. The predicted molar refractivity (Wildman–Crippen MR) is 109 cm³/mol. The average Bonchev–Trinajstić information content (AvgIpc) is 2.60. The second kappa shape index (κ2) is 8.52. The fraction of sp³-hybridized carbons (Fsp3) is 0.278. The van der Waals surface area contributed by atoms with Gasteiger partial charge in [-0.05, 0) is 57.2 Å². The van der Waals surface area contributed by atoms with Gasteiger partial charge in [0.05, 0.1) is 17.1 Å². The summed E-state index contributed by atoms with van der Waals surface area (Å²) in [6.07, 6.45) is 0. The van der Waals surface area contributed by atoms with Crippen LogP contribution in [0.15, 0.2) is 52.0 Å². The number of hydrogen-bond donors (Lipinski definition) is 1. The zero-order chi connectivity index (χ0) is 21.1. The summed E-state index contributed by atoms with van der Waals surface area (Å²) in [4.78, 5) is 0. The van der Waals surface area contributed by atoms with Crippen molar-refractivity contribution in [2.45, 2.75) is 26.3 Å². The lowest BCUT2D eigenvalue weighted by molar-refractivity contribution is -0.0429. The maximum absolute atomic E-state index is 12.8. The number of halogens is 4. The van der Waals surface area contributed by atoms with Crippen LogP contribution < -0.4 is 9.73 Å². The topological polar surface area (TPSA) is 61.8 Å². The Balaban J connectivity index is 2.46. The van der Waals surface area contributed by atoms with Crippen molar-refractivity contribution < 1.29 is 21.6 Å². The second-order valence-corrected chi connectivity index (χ2v) is 8.57. The quantitative estimate of drug-likeness (QED) is 0.455. The van der Waals surface area contributed by atoms with Crippen LogP contribution in [-0.4, -0.2) is 26.2 Å². The normalized spacial score (nSPS) is 12.8. The Labute approximate surface area is 170 Å². The molecule has 152 valence electrons. The van der Waals surface area contributed by atoms with Crippen molar-refractivity contribution in [2.24, 2.45) is 5.10 Å². The molecule has 0 aromatic heterocycles. The van der Waals surface area contributed by atoms with Gasteiger partial charge in [-0.2, -0.15) is 26.7 Å². The van der Waals surface area contributed by atoms with Gasteiger partial charge in [0, 0.05) is 16.6 Å². The van der Waals surface area contributed by atoms with E-state index in [1.807, 2.05) is 31.2 Å². The van der Waals surface area contributed by atoms with Gasteiger partial charge in [-0.1, -0.05) is 27.6 Å². The van der Waals surface area contributed by atoms with Gasteiger partial charge in [-0.15, -0.1) is 0 Å². The van der Waals surface area contributed by atoms with Crippen molar-refractivity contribution in [3.05, 3.63) is 58.1 Å². The Kier molecular flexibility index (Phi) is 6.76. The molecule has 0 unspecified atom stereocenters. The number of sulfonamides is 1. The number of hydrogen-bond acceptors (Lipinski definition) is 4. The molecule has 0 spiro atoms. The minimum absolute atomic E-state index is 0.184. The molecule has 28 heavy (non-hydrogen) atoms. The number of benzene rings is 2. The molecule has 1 N–H and O–H groups in total. The molecular weight excluding hydrogens is 459 g/mol. The second-order valence-electron chi connectivity index (χ2n) is 5.98. The van der Waals surface area contributed by atoms with Gasteiger partial charge >= 0.3 is 15.5 Å². The van der Waals surface area contributed by atoms with E-state index < -0.39 is 15.5 Å². The first kappa shape index (κ1) is 22.2. The molecule has 0 aliphatic carbocycles. The van der Waals surface area contributed by atoms with Crippen LogP contribution in [0.1, 0.15) is 25.0 Å². The fourth-order valence-corrected chi connectivity index (χ4v) is 3.26. The van der Waals surface area contributed by atoms with Gasteiger partial charge in [0.2, 0.25) is 0 Å². The molecular formula is C18H19BrF3N3O2S. The minimum Gasteiger partial charge on any atom is -0.275 e. The van der Waals surface area contributed by atoms with Gasteiger partial charge in [0.1, 0.15) is 0 Å². The number of rotatable bonds is 6. The molecule has 2 aromatic rings. The van der Waals surface area contributed by atoms with Crippen LogP contribution in [0.5, 0.6) is 0 Å². The predicted octanol–water partition coefficient (Wildman–Crippen LogP) is 5.27. The summed E-state index contributed by atoms with van der Waals surface area (Å²) in [5.74, 6) is 0. The Bertz CT molecular complexity index is 975. The minimum atomic E-state index is -5.53. The summed E-state index contributed by atoms with van der Waals surface area (Å²) < 4.78 is 63.8. The first-order chi connectivity index (χ1) is 12.9. The van der Waals surface area contributed by atoms with Crippen molar-refractivity contribution in [3.8, 4) is 0 Å². The molecule has 0 amide bonds. The molecule has 2 aromatic carbocycles. The number of hydrazone groups is 1. The summed E-state index contributed by atoms with van der Waals surface area (Å²) in [6, 6.07) is 11.8. The maximum atomic E-state index is 12.8. The SMILES string of the molecule is CCN(/N=C(\C)c1cc(C)ccc1NS(=O)(=O)C(F)(F)F)c1ccc(Br)cc1. The van der Waals surface area contributed by atoms with Crippen LogP contribution in [-0.2, 0) is 10.0 Å². The fourth-order valence-electron chi connectivity index (χ4n) is 2.41. The van der Waals surface area contributed by atoms with Gasteiger partial charge in [-0.25, -0.2) is 0 Å². The summed E-state index contributed by atoms with van der Waals surface area (Å²) >= 11 is 3.35. The van der Waals surface area contributed by atoms with Crippen LogP contribution in [0, 0.1) is 6.92 Å². The van der Waals surface area contributed by atoms with Gasteiger partial charge in [0.15, 0.2) is 0 Å². The van der Waals surface area contributed by atoms with E-state index in [0.717, 1.165) is 15.7 Å². The molecule has 5 nitrogen and oxygen atoms in total. The third-order valence-corrected chi connectivity index (χ3v) is 5.44. The lowest BCUT2D eigenvalue weighted by Gasteiger charge is -2.20. The summed E-state index contributed by atoms with van der Waals surface area (Å²) in [5, 5.41) is 6.15. The Morgan fingerprint density at radius 2 is 1.79 bits per heavy atom. The summed E-state index contributed by atoms with van der Waals surface area (Å²) in [6.45, 7) is 5.75. The molecule has 0 fully saturated rings. The maximum Gasteiger partial charge on any atom is 0.516 e. The van der Waals surface area contributed by atoms with Crippen molar-refractivity contribution in [1.82, 2.24) is 0 Å². The van der Waals surface area contributed by atoms with Crippen molar-refractivity contribution in [1.29, 1.82) is 0 Å². The van der Waals surface area contributed by atoms with Crippen LogP contribution >= 0.6 is 15.9 Å². The molecule has 0 heterocycles. The Morgan fingerprint density at radius 1 is 1.18 bits per heavy atom. The highest BCUT2D eigenvalue weighted by molar-refractivity contribution is 9.10. The lowest BCUT2D eigenvalue weighted by Crippen LogP contribution is -2.30. The summed E-state index contributed by atoms with van der Waals surface area (Å²) in [7, 11) is -5.53. The molecule has 2 rings (SSSR count). The highest BCUT2D eigenvalue weighted by Gasteiger charge is 2.46. The van der Waals surface area contributed by atoms with E-state index in [2.05, 4.69) is 21.0 Å². The number of nitrogens with one attached hydrogen (secondary N) is 1. The first-order valence-corrected chi connectivity index (χ1v) is 10.5. The zero-order valence-electron chi connectivity index (χ0n) is 15.4. The van der Waals surface area contributed by atoms with E-state index in [1.54, 1.807) is 29.6 Å². The first-order valence-electron chi connectivity index (χ1n) is 8.23. The van der Waals surface area contributed by atoms with Crippen molar-refractivity contribution in [3.63, 3.8) is 0 Å². The molecule has 0 aliphatic rings. The number of alkyl halides is 3. The van der Waals surface area contributed by atoms with Gasteiger partial charge in [0.25, 0.3) is 0 Å². The van der Waals surface area contributed by atoms with Crippen molar-refractivity contribution >= 4 is 43.0 Å². The van der Waals surface area contributed by atoms with E-state index in [-0.39, 0.29) is 11.3 Å². The Morgan fingerprint density at radius 3 is 2.32 bits per heavy atom. The standard InChI is InChI=1S/C18H19BrF3N3O2S/c1-4-25(15-8-6-14(19)7-9-15)23-13(3)16-11-12(2)5-10-17(16)24-28(26,27)18(20,21)22/h5-11,24H,4H2,1-3H3/b23-13+. The highest BCUT2D eigenvalue weighted by Crippen LogP contribution is 2.28. The third kappa shape index (κ3) is 5.26. The molecule has 0 saturated heterocycles. The van der Waals surface area contributed by atoms with E-state index in [0.29, 0.717) is 12.3 Å². The summed E-state index contributed by atoms with van der Waals surface area (Å²) in [5.41, 5.74) is -3.42. The number of nitrogens with zero attached hydrogens (tertiary/aromatic N) is 2. The molecule has 0 radical (unpaired) electrons. The van der Waals surface area contributed by atoms with E-state index in [1.165, 1.54) is 12.1 Å². The zero-order valence-corrected chi connectivity index (χ0v) is 17.8. The molecule has 10 heteroatoms. The van der Waals surface area contributed by atoms with E-state index >= 15 is 0 Å². The largest absolute Gasteiger partial charge is 0.516 e. The smallest absolute Gasteiger partial charge is 0.275 e. The molecule has 0 atom stereocenters. The van der Waals surface area contributed by atoms with Gasteiger partial charge in [-0.3, -0.25) is 9.73 Å². The lowest BCUT2D eigenvalue weighted by atomic mass is 10.1. The van der Waals surface area contributed by atoms with Crippen LogP contribution in [0.3, 0.4) is 0 Å². The average molecular weight is 478 g/mol. The number of anilines is 2. The van der Waals surface area contributed by atoms with E-state index in [4.69, 9.17) is 0 Å². The highest BCUT2D eigenvalue weighted by atomic mass is 79.9. The molecule has 0 bridgehead atoms. The van der Waals surface area contributed by atoms with Crippen LogP contribution in [0.25, 0.3) is 0 Å². The van der Waals surface area contributed by atoms with Gasteiger partial charge < -0.3 is 0 Å². The third-order valence-electron chi connectivity index (χ3n) is 3.81. The van der Waals surface area contributed by atoms with E-state index in [9.17, 15) is 21.6 Å². The molecule has 0 aliphatic heterocycles.